The highest BCUT2D eigenvalue weighted by Crippen LogP contribution is 2.15. The second-order valence-electron chi connectivity index (χ2n) is 5.12. The maximum atomic E-state index is 11.8. The van der Waals surface area contributed by atoms with Crippen LogP contribution in [0.5, 0.6) is 5.75 Å². The molecule has 25 heavy (non-hydrogen) atoms. The van der Waals surface area contributed by atoms with Crippen molar-refractivity contribution in [1.29, 1.82) is 0 Å². The van der Waals surface area contributed by atoms with Crippen molar-refractivity contribution < 1.29 is 14.3 Å². The van der Waals surface area contributed by atoms with E-state index >= 15 is 0 Å². The first kappa shape index (κ1) is 18.5. The Morgan fingerprint density at radius 2 is 1.68 bits per heavy atom. The average molecular weight is 360 g/mol. The normalized spacial score (nSPS) is 10.5. The van der Waals surface area contributed by atoms with E-state index in [-0.39, 0.29) is 24.7 Å². The van der Waals surface area contributed by atoms with Gasteiger partial charge in [0.2, 0.25) is 11.8 Å². The van der Waals surface area contributed by atoms with E-state index in [0.717, 1.165) is 5.56 Å². The van der Waals surface area contributed by atoms with E-state index in [2.05, 4.69) is 15.8 Å². The maximum absolute atomic E-state index is 11.8. The second-order valence-corrected chi connectivity index (χ2v) is 5.56. The molecule has 130 valence electrons. The minimum atomic E-state index is -0.338. The molecule has 0 aliphatic rings. The van der Waals surface area contributed by atoms with Gasteiger partial charge in [-0.15, -0.1) is 0 Å². The van der Waals surface area contributed by atoms with Crippen molar-refractivity contribution >= 4 is 35.3 Å². The van der Waals surface area contributed by atoms with Crippen molar-refractivity contribution in [2.45, 2.75) is 12.8 Å². The van der Waals surface area contributed by atoms with E-state index in [1.54, 1.807) is 55.6 Å². The number of ether oxygens (including phenoxy) is 1. The van der Waals surface area contributed by atoms with E-state index in [1.807, 2.05) is 0 Å². The minimum Gasteiger partial charge on any atom is -0.497 e. The number of halogens is 1. The first-order chi connectivity index (χ1) is 12.1. The maximum Gasteiger partial charge on any atom is 0.240 e. The number of carbonyl (C=O) groups is 2. The van der Waals surface area contributed by atoms with Gasteiger partial charge in [0.15, 0.2) is 0 Å². The number of nitrogens with zero attached hydrogens (tertiary/aromatic N) is 1. The van der Waals surface area contributed by atoms with Crippen molar-refractivity contribution in [1.82, 2.24) is 5.43 Å². The van der Waals surface area contributed by atoms with Gasteiger partial charge in [0.1, 0.15) is 5.75 Å². The molecule has 0 aromatic heterocycles. The molecule has 2 amide bonds. The topological polar surface area (TPSA) is 79.8 Å². The molecule has 0 radical (unpaired) electrons. The largest absolute Gasteiger partial charge is 0.497 e. The van der Waals surface area contributed by atoms with Crippen molar-refractivity contribution in [3.63, 3.8) is 0 Å². The van der Waals surface area contributed by atoms with Crippen LogP contribution in [0.4, 0.5) is 5.69 Å². The summed E-state index contributed by atoms with van der Waals surface area (Å²) in [5, 5.41) is 7.18. The van der Waals surface area contributed by atoms with E-state index in [0.29, 0.717) is 16.5 Å². The number of rotatable bonds is 7. The number of hydrazone groups is 1. The number of carbonyl (C=O) groups excluding carboxylic acids is 2. The lowest BCUT2D eigenvalue weighted by Crippen LogP contribution is -2.20. The number of anilines is 1. The molecule has 2 aromatic rings. The zero-order valence-electron chi connectivity index (χ0n) is 13.7. The molecule has 0 fully saturated rings. The fourth-order valence-electron chi connectivity index (χ4n) is 1.91. The number of methoxy groups -OCH3 is 1. The van der Waals surface area contributed by atoms with Crippen LogP contribution in [0.3, 0.4) is 0 Å². The highest BCUT2D eigenvalue weighted by Gasteiger charge is 2.06. The Bertz CT molecular complexity index is 743. The molecule has 0 bridgehead atoms. The van der Waals surface area contributed by atoms with Crippen molar-refractivity contribution in [2.75, 3.05) is 12.4 Å². The van der Waals surface area contributed by atoms with Crippen LogP contribution in [0.15, 0.2) is 53.6 Å². The zero-order valence-corrected chi connectivity index (χ0v) is 14.4. The van der Waals surface area contributed by atoms with Gasteiger partial charge < -0.3 is 10.1 Å². The fraction of sp³-hybridized carbons (Fsp3) is 0.167. The van der Waals surface area contributed by atoms with Gasteiger partial charge in [-0.1, -0.05) is 23.7 Å². The first-order valence-electron chi connectivity index (χ1n) is 7.58. The third-order valence-electron chi connectivity index (χ3n) is 3.23. The first-order valence-corrected chi connectivity index (χ1v) is 7.96. The molecule has 2 aromatic carbocycles. The van der Waals surface area contributed by atoms with Crippen LogP contribution in [-0.2, 0) is 9.59 Å². The Balaban J connectivity index is 1.71. The van der Waals surface area contributed by atoms with E-state index < -0.39 is 0 Å². The number of benzene rings is 2. The highest BCUT2D eigenvalue weighted by atomic mass is 35.5. The van der Waals surface area contributed by atoms with Gasteiger partial charge in [-0.2, -0.15) is 5.10 Å². The smallest absolute Gasteiger partial charge is 0.240 e. The SMILES string of the molecule is COc1ccc(NC(=O)CCC(=O)NN=Cc2ccc(Cl)cc2)cc1. The number of hydrogen-bond donors (Lipinski definition) is 2. The lowest BCUT2D eigenvalue weighted by atomic mass is 10.2. The molecule has 2 N–H and O–H groups in total. The predicted molar refractivity (Wildman–Crippen MR) is 98.0 cm³/mol. The van der Waals surface area contributed by atoms with Crippen LogP contribution in [0.2, 0.25) is 5.02 Å². The molecule has 0 saturated heterocycles. The second kappa shape index (κ2) is 9.44. The third-order valence-corrected chi connectivity index (χ3v) is 3.48. The summed E-state index contributed by atoms with van der Waals surface area (Å²) >= 11 is 5.78. The molecule has 0 aliphatic heterocycles. The minimum absolute atomic E-state index is 0.0416. The summed E-state index contributed by atoms with van der Waals surface area (Å²) in [5.41, 5.74) is 3.83. The Morgan fingerprint density at radius 1 is 1.04 bits per heavy atom. The van der Waals surface area contributed by atoms with Crippen LogP contribution < -0.4 is 15.5 Å². The van der Waals surface area contributed by atoms with Crippen LogP contribution in [-0.4, -0.2) is 25.1 Å². The van der Waals surface area contributed by atoms with Gasteiger partial charge in [-0.25, -0.2) is 5.43 Å². The number of hydrogen-bond acceptors (Lipinski definition) is 4. The van der Waals surface area contributed by atoms with Crippen LogP contribution >= 0.6 is 11.6 Å². The third kappa shape index (κ3) is 6.64. The molecule has 7 heteroatoms. The standard InChI is InChI=1S/C18H18ClN3O3/c1-25-16-8-6-15(7-9-16)21-17(23)10-11-18(24)22-20-12-13-2-4-14(19)5-3-13/h2-9,12H,10-11H2,1H3,(H,21,23)(H,22,24). The van der Waals surface area contributed by atoms with Gasteiger partial charge in [0, 0.05) is 23.6 Å². The highest BCUT2D eigenvalue weighted by molar-refractivity contribution is 6.30. The number of amides is 2. The molecule has 2 rings (SSSR count). The molecule has 6 nitrogen and oxygen atoms in total. The van der Waals surface area contributed by atoms with Crippen LogP contribution in [0.25, 0.3) is 0 Å². The van der Waals surface area contributed by atoms with Gasteiger partial charge in [0.05, 0.1) is 13.3 Å². The van der Waals surface area contributed by atoms with Crippen LogP contribution in [0.1, 0.15) is 18.4 Å². The summed E-state index contributed by atoms with van der Waals surface area (Å²) in [7, 11) is 1.57. The predicted octanol–water partition coefficient (Wildman–Crippen LogP) is 3.22. The number of nitrogens with one attached hydrogen (secondary N) is 2. The van der Waals surface area contributed by atoms with Gasteiger partial charge >= 0.3 is 0 Å². The van der Waals surface area contributed by atoms with E-state index in [1.165, 1.54) is 6.21 Å². The lowest BCUT2D eigenvalue weighted by molar-refractivity contribution is -0.124. The van der Waals surface area contributed by atoms with Crippen molar-refractivity contribution in [3.05, 3.63) is 59.1 Å². The Labute approximate surface area is 150 Å². The summed E-state index contributed by atoms with van der Waals surface area (Å²) in [6.07, 6.45) is 1.61. The molecule has 0 saturated carbocycles. The van der Waals surface area contributed by atoms with Crippen molar-refractivity contribution in [2.24, 2.45) is 5.10 Å². The van der Waals surface area contributed by atoms with E-state index in [9.17, 15) is 9.59 Å². The monoisotopic (exact) mass is 359 g/mol. The molecule has 0 heterocycles. The molecule has 0 spiro atoms. The average Bonchev–Trinajstić information content (AvgIpc) is 2.62. The Morgan fingerprint density at radius 3 is 2.32 bits per heavy atom. The van der Waals surface area contributed by atoms with Crippen LogP contribution in [0, 0.1) is 0 Å². The zero-order chi connectivity index (χ0) is 18.1. The van der Waals surface area contributed by atoms with Gasteiger partial charge in [0.25, 0.3) is 0 Å². The van der Waals surface area contributed by atoms with Gasteiger partial charge in [-0.3, -0.25) is 9.59 Å². The lowest BCUT2D eigenvalue weighted by Gasteiger charge is -2.06. The summed E-state index contributed by atoms with van der Waals surface area (Å²) < 4.78 is 5.04. The summed E-state index contributed by atoms with van der Waals surface area (Å²) in [4.78, 5) is 23.5. The van der Waals surface area contributed by atoms with Gasteiger partial charge in [-0.05, 0) is 42.0 Å². The fourth-order valence-corrected chi connectivity index (χ4v) is 2.03. The molecular weight excluding hydrogens is 342 g/mol. The summed E-state index contributed by atoms with van der Waals surface area (Å²) in [5.74, 6) is 0.119. The Kier molecular flexibility index (Phi) is 6.98. The molecule has 0 aliphatic carbocycles. The molecule has 0 unspecified atom stereocenters. The Hall–Kier alpha value is -2.86. The molecule has 0 atom stereocenters. The summed E-state index contributed by atoms with van der Waals surface area (Å²) in [6, 6.07) is 14.0. The quantitative estimate of drug-likeness (QED) is 0.588. The van der Waals surface area contributed by atoms with Crippen molar-refractivity contribution in [3.8, 4) is 5.75 Å². The summed E-state index contributed by atoms with van der Waals surface area (Å²) in [6.45, 7) is 0. The van der Waals surface area contributed by atoms with E-state index in [4.69, 9.17) is 16.3 Å². The molecular formula is C18H18ClN3O3.